The summed E-state index contributed by atoms with van der Waals surface area (Å²) >= 11 is 0. The quantitative estimate of drug-likeness (QED) is 0.448. The van der Waals surface area contributed by atoms with E-state index >= 15 is 0 Å². The molecule has 1 unspecified atom stereocenters. The van der Waals surface area contributed by atoms with Crippen LogP contribution in [0, 0.1) is 0 Å². The minimum Gasteiger partial charge on any atom is -0.377 e. The fourth-order valence-electron chi connectivity index (χ4n) is 1.52. The summed E-state index contributed by atoms with van der Waals surface area (Å²) in [5.41, 5.74) is 0. The van der Waals surface area contributed by atoms with Gasteiger partial charge in [0.05, 0.1) is 6.10 Å². The van der Waals surface area contributed by atoms with Gasteiger partial charge in [0, 0.05) is 33.0 Å². The van der Waals surface area contributed by atoms with E-state index in [1.165, 1.54) is 0 Å². The molecule has 0 radical (unpaired) electrons. The highest BCUT2D eigenvalue weighted by Gasteiger charge is 2.39. The SMILES string of the molecule is CCCN=CC(CC)O[Si](CCC)(OC)OC. The van der Waals surface area contributed by atoms with Crippen LogP contribution in [0.3, 0.4) is 0 Å². The fraction of sp³-hybridized carbons (Fsp3) is 0.917. The van der Waals surface area contributed by atoms with Gasteiger partial charge in [-0.1, -0.05) is 27.2 Å². The van der Waals surface area contributed by atoms with Crippen molar-refractivity contribution in [3.63, 3.8) is 0 Å². The molecular formula is C12H27NO3Si. The Morgan fingerprint density at radius 2 is 1.76 bits per heavy atom. The van der Waals surface area contributed by atoms with E-state index in [0.29, 0.717) is 0 Å². The summed E-state index contributed by atoms with van der Waals surface area (Å²) in [6.07, 6.45) is 4.83. The Bertz CT molecular complexity index is 208. The van der Waals surface area contributed by atoms with Gasteiger partial charge in [0.25, 0.3) is 0 Å². The van der Waals surface area contributed by atoms with E-state index in [9.17, 15) is 0 Å². The Morgan fingerprint density at radius 1 is 1.12 bits per heavy atom. The highest BCUT2D eigenvalue weighted by atomic mass is 28.4. The van der Waals surface area contributed by atoms with Crippen molar-refractivity contribution in [2.75, 3.05) is 20.8 Å². The first kappa shape index (κ1) is 16.8. The van der Waals surface area contributed by atoms with Gasteiger partial charge in [-0.25, -0.2) is 0 Å². The van der Waals surface area contributed by atoms with Crippen molar-refractivity contribution in [1.82, 2.24) is 0 Å². The van der Waals surface area contributed by atoms with E-state index < -0.39 is 8.80 Å². The Balaban J connectivity index is 4.47. The molecule has 0 rings (SSSR count). The molecule has 102 valence electrons. The summed E-state index contributed by atoms with van der Waals surface area (Å²) < 4.78 is 17.0. The second-order valence-corrected chi connectivity index (χ2v) is 6.88. The molecule has 0 aromatic carbocycles. The van der Waals surface area contributed by atoms with Gasteiger partial charge in [0.15, 0.2) is 0 Å². The Hall–Kier alpha value is -0.233. The maximum Gasteiger partial charge on any atom is 0.500 e. The second-order valence-electron chi connectivity index (χ2n) is 3.96. The molecule has 1 atom stereocenters. The Morgan fingerprint density at radius 3 is 2.18 bits per heavy atom. The molecule has 0 aromatic heterocycles. The molecule has 0 bridgehead atoms. The van der Waals surface area contributed by atoms with Crippen LogP contribution < -0.4 is 0 Å². The van der Waals surface area contributed by atoms with Crippen LogP contribution in [0.25, 0.3) is 0 Å². The molecule has 0 aromatic rings. The summed E-state index contributed by atoms with van der Waals surface area (Å²) in [6.45, 7) is 7.15. The van der Waals surface area contributed by atoms with Gasteiger partial charge in [-0.05, 0) is 12.8 Å². The minimum absolute atomic E-state index is 0.000309. The van der Waals surface area contributed by atoms with Gasteiger partial charge >= 0.3 is 8.80 Å². The van der Waals surface area contributed by atoms with Crippen LogP contribution in [0.4, 0.5) is 0 Å². The first-order chi connectivity index (χ1) is 8.17. The molecule has 0 saturated heterocycles. The number of rotatable bonds is 10. The molecule has 0 aliphatic carbocycles. The average molecular weight is 261 g/mol. The van der Waals surface area contributed by atoms with Gasteiger partial charge in [0.2, 0.25) is 0 Å². The van der Waals surface area contributed by atoms with Crippen LogP contribution >= 0.6 is 0 Å². The van der Waals surface area contributed by atoms with Crippen LogP contribution in [-0.4, -0.2) is 41.9 Å². The fourth-order valence-corrected chi connectivity index (χ4v) is 3.71. The lowest BCUT2D eigenvalue weighted by atomic mass is 10.3. The first-order valence-corrected chi connectivity index (χ1v) is 8.39. The van der Waals surface area contributed by atoms with E-state index in [0.717, 1.165) is 31.9 Å². The normalized spacial score (nSPS) is 14.4. The molecule has 0 aliphatic rings. The molecule has 0 N–H and O–H groups in total. The van der Waals surface area contributed by atoms with Crippen molar-refractivity contribution in [3.8, 4) is 0 Å². The second kappa shape index (κ2) is 9.76. The molecule has 0 saturated carbocycles. The van der Waals surface area contributed by atoms with Crippen LogP contribution in [0.2, 0.25) is 6.04 Å². The van der Waals surface area contributed by atoms with Gasteiger partial charge in [-0.3, -0.25) is 4.99 Å². The summed E-state index contributed by atoms with van der Waals surface area (Å²) in [7, 11) is 0.857. The standard InChI is InChI=1S/C12H27NO3Si/c1-6-9-13-11-12(8-3)16-17(14-4,15-5)10-7-2/h11-12H,6-10H2,1-5H3. The lowest BCUT2D eigenvalue weighted by Crippen LogP contribution is -2.46. The van der Waals surface area contributed by atoms with Crippen molar-refractivity contribution in [1.29, 1.82) is 0 Å². The summed E-state index contributed by atoms with van der Waals surface area (Å²) in [5.74, 6) is 0. The highest BCUT2D eigenvalue weighted by Crippen LogP contribution is 2.18. The third-order valence-electron chi connectivity index (χ3n) is 2.54. The van der Waals surface area contributed by atoms with Crippen molar-refractivity contribution < 1.29 is 13.3 Å². The van der Waals surface area contributed by atoms with Gasteiger partial charge in [-0.2, -0.15) is 0 Å². The minimum atomic E-state index is -2.48. The zero-order chi connectivity index (χ0) is 13.1. The van der Waals surface area contributed by atoms with E-state index in [4.69, 9.17) is 13.3 Å². The van der Waals surface area contributed by atoms with Crippen LogP contribution in [0.15, 0.2) is 4.99 Å². The zero-order valence-corrected chi connectivity index (χ0v) is 12.9. The van der Waals surface area contributed by atoms with Gasteiger partial charge < -0.3 is 13.3 Å². The maximum absolute atomic E-state index is 6.02. The predicted octanol–water partition coefficient (Wildman–Crippen LogP) is 2.90. The van der Waals surface area contributed by atoms with E-state index in [2.05, 4.69) is 25.8 Å². The summed E-state index contributed by atoms with van der Waals surface area (Å²) in [4.78, 5) is 4.34. The number of hydrogen-bond acceptors (Lipinski definition) is 4. The van der Waals surface area contributed by atoms with Crippen LogP contribution in [-0.2, 0) is 13.3 Å². The van der Waals surface area contributed by atoms with Gasteiger partial charge in [0.1, 0.15) is 0 Å². The summed E-state index contributed by atoms with van der Waals surface area (Å²) in [5, 5.41) is 0. The smallest absolute Gasteiger partial charge is 0.377 e. The highest BCUT2D eigenvalue weighted by molar-refractivity contribution is 6.60. The topological polar surface area (TPSA) is 40.0 Å². The van der Waals surface area contributed by atoms with E-state index in [-0.39, 0.29) is 6.10 Å². The van der Waals surface area contributed by atoms with E-state index in [1.807, 2.05) is 6.21 Å². The monoisotopic (exact) mass is 261 g/mol. The average Bonchev–Trinajstić information content (AvgIpc) is 2.37. The molecule has 0 heterocycles. The molecule has 4 nitrogen and oxygen atoms in total. The van der Waals surface area contributed by atoms with Crippen molar-refractivity contribution in [3.05, 3.63) is 0 Å². The lowest BCUT2D eigenvalue weighted by molar-refractivity contribution is 0.0803. The lowest BCUT2D eigenvalue weighted by Gasteiger charge is -2.29. The Labute approximate surface area is 107 Å². The summed E-state index contributed by atoms with van der Waals surface area (Å²) in [6, 6.07) is 0.845. The molecule has 0 aliphatic heterocycles. The van der Waals surface area contributed by atoms with E-state index in [1.54, 1.807) is 14.2 Å². The molecule has 0 spiro atoms. The number of nitrogens with zero attached hydrogens (tertiary/aromatic N) is 1. The number of hydrogen-bond donors (Lipinski definition) is 0. The van der Waals surface area contributed by atoms with Crippen LogP contribution in [0.5, 0.6) is 0 Å². The van der Waals surface area contributed by atoms with Crippen molar-refractivity contribution in [2.24, 2.45) is 4.99 Å². The zero-order valence-electron chi connectivity index (χ0n) is 11.9. The molecule has 0 amide bonds. The third-order valence-corrected chi connectivity index (χ3v) is 5.55. The third kappa shape index (κ3) is 6.31. The van der Waals surface area contributed by atoms with Crippen molar-refractivity contribution in [2.45, 2.75) is 52.2 Å². The largest absolute Gasteiger partial charge is 0.500 e. The molecular weight excluding hydrogens is 234 g/mol. The Kier molecular flexibility index (Phi) is 9.63. The maximum atomic E-state index is 6.02. The molecule has 5 heteroatoms. The van der Waals surface area contributed by atoms with Gasteiger partial charge in [-0.15, -0.1) is 0 Å². The van der Waals surface area contributed by atoms with Crippen LogP contribution in [0.1, 0.15) is 40.0 Å². The number of aliphatic imine (C=N–C) groups is 1. The molecule has 17 heavy (non-hydrogen) atoms. The predicted molar refractivity (Wildman–Crippen MR) is 73.7 cm³/mol. The first-order valence-electron chi connectivity index (χ1n) is 6.46. The van der Waals surface area contributed by atoms with Crippen molar-refractivity contribution >= 4 is 15.0 Å². The molecule has 0 fully saturated rings.